The lowest BCUT2D eigenvalue weighted by Crippen LogP contribution is -2.46. The summed E-state index contributed by atoms with van der Waals surface area (Å²) in [6, 6.07) is 8.06. The van der Waals surface area contributed by atoms with Crippen LogP contribution in [-0.2, 0) is 14.6 Å². The molecule has 2 fully saturated rings. The van der Waals surface area contributed by atoms with E-state index in [1.807, 2.05) is 36.1 Å². The van der Waals surface area contributed by atoms with Crippen LogP contribution >= 0.6 is 0 Å². The number of fused-ring (bicyclic) bond motifs is 1. The summed E-state index contributed by atoms with van der Waals surface area (Å²) < 4.78 is 23.1. The van der Waals surface area contributed by atoms with Crippen molar-refractivity contribution in [1.29, 1.82) is 0 Å². The van der Waals surface area contributed by atoms with Gasteiger partial charge in [-0.1, -0.05) is 12.1 Å². The number of aromatic nitrogens is 2. The van der Waals surface area contributed by atoms with Crippen molar-refractivity contribution >= 4 is 32.6 Å². The molecule has 2 saturated heterocycles. The minimum absolute atomic E-state index is 0.0749. The van der Waals surface area contributed by atoms with Gasteiger partial charge < -0.3 is 9.80 Å². The molecule has 1 amide bonds. The van der Waals surface area contributed by atoms with Crippen molar-refractivity contribution in [2.75, 3.05) is 36.5 Å². The van der Waals surface area contributed by atoms with Gasteiger partial charge in [0, 0.05) is 38.4 Å². The minimum atomic E-state index is -3.06. The van der Waals surface area contributed by atoms with E-state index < -0.39 is 9.84 Å². The topological polar surface area (TPSA) is 83.5 Å². The van der Waals surface area contributed by atoms with Crippen molar-refractivity contribution in [1.82, 2.24) is 14.9 Å². The zero-order chi connectivity index (χ0) is 19.9. The maximum Gasteiger partial charge on any atom is 0.223 e. The monoisotopic (exact) mass is 402 g/mol. The molecule has 1 atom stereocenters. The Morgan fingerprint density at radius 3 is 2.39 bits per heavy atom. The van der Waals surface area contributed by atoms with Crippen LogP contribution in [0.1, 0.15) is 25.0 Å². The number of para-hydroxylation sites is 2. The van der Waals surface area contributed by atoms with Crippen molar-refractivity contribution < 1.29 is 13.2 Å². The third-order valence-corrected chi connectivity index (χ3v) is 6.78. The average molecular weight is 403 g/mol. The summed E-state index contributed by atoms with van der Waals surface area (Å²) in [5.74, 6) is 1.03. The number of likely N-dealkylation sites (tertiary alicyclic amines) is 1. The quantitative estimate of drug-likeness (QED) is 0.775. The van der Waals surface area contributed by atoms with Gasteiger partial charge in [0.15, 0.2) is 5.82 Å². The molecule has 2 aliphatic rings. The lowest BCUT2D eigenvalue weighted by atomic mass is 10.0. The highest BCUT2D eigenvalue weighted by Crippen LogP contribution is 2.29. The molecule has 0 saturated carbocycles. The Bertz CT molecular complexity index is 1000. The Labute approximate surface area is 165 Å². The van der Waals surface area contributed by atoms with Crippen molar-refractivity contribution in [2.24, 2.45) is 5.92 Å². The molecule has 150 valence electrons. The lowest BCUT2D eigenvalue weighted by Gasteiger charge is -2.37. The molecule has 0 radical (unpaired) electrons. The summed E-state index contributed by atoms with van der Waals surface area (Å²) in [5.41, 5.74) is 2.71. The number of nitrogens with zero attached hydrogens (tertiary/aromatic N) is 4. The molecule has 1 aromatic carbocycles. The third-order valence-electron chi connectivity index (χ3n) is 5.70. The molecule has 3 heterocycles. The summed E-state index contributed by atoms with van der Waals surface area (Å²) >= 11 is 0. The highest BCUT2D eigenvalue weighted by Gasteiger charge is 2.37. The van der Waals surface area contributed by atoms with E-state index in [-0.39, 0.29) is 23.6 Å². The zero-order valence-corrected chi connectivity index (χ0v) is 17.2. The van der Waals surface area contributed by atoms with Gasteiger partial charge in [-0.25, -0.2) is 18.4 Å². The largest absolute Gasteiger partial charge is 0.355 e. The number of amides is 1. The molecular formula is C20H26N4O3S. The summed E-state index contributed by atoms with van der Waals surface area (Å²) in [6.07, 6.45) is 3.32. The number of sulfone groups is 1. The Kier molecular flexibility index (Phi) is 4.99. The summed E-state index contributed by atoms with van der Waals surface area (Å²) in [6.45, 7) is 4.18. The number of carbonyl (C=O) groups is 1. The fraction of sp³-hybridized carbons (Fsp3) is 0.550. The van der Waals surface area contributed by atoms with Crippen LogP contribution in [0.25, 0.3) is 11.0 Å². The number of hydrogen-bond donors (Lipinski definition) is 0. The fourth-order valence-corrected chi connectivity index (χ4v) is 5.55. The first-order valence-electron chi connectivity index (χ1n) is 9.76. The molecular weight excluding hydrogens is 376 g/mol. The number of carbonyl (C=O) groups excluding carboxylic acids is 1. The molecule has 0 aliphatic carbocycles. The van der Waals surface area contributed by atoms with Gasteiger partial charge in [0.25, 0.3) is 0 Å². The van der Waals surface area contributed by atoms with Gasteiger partial charge in [-0.3, -0.25) is 4.79 Å². The van der Waals surface area contributed by atoms with Crippen molar-refractivity contribution in [2.45, 2.75) is 32.2 Å². The predicted octanol–water partition coefficient (Wildman–Crippen LogP) is 1.80. The highest BCUT2D eigenvalue weighted by atomic mass is 32.2. The van der Waals surface area contributed by atoms with Gasteiger partial charge in [-0.2, -0.15) is 0 Å². The van der Waals surface area contributed by atoms with Gasteiger partial charge >= 0.3 is 0 Å². The Balaban J connectivity index is 1.42. The molecule has 4 rings (SSSR count). The Morgan fingerprint density at radius 2 is 1.75 bits per heavy atom. The van der Waals surface area contributed by atoms with E-state index >= 15 is 0 Å². The van der Waals surface area contributed by atoms with E-state index in [1.54, 1.807) is 0 Å². The smallest absolute Gasteiger partial charge is 0.223 e. The average Bonchev–Trinajstić information content (AvgIpc) is 2.99. The molecule has 2 aliphatic heterocycles. The first-order valence-corrected chi connectivity index (χ1v) is 11.8. The molecule has 1 aromatic heterocycles. The van der Waals surface area contributed by atoms with Gasteiger partial charge in [-0.05, 0) is 37.8 Å². The van der Waals surface area contributed by atoms with E-state index in [0.29, 0.717) is 13.0 Å². The normalized spacial score (nSPS) is 21.6. The predicted molar refractivity (Wildman–Crippen MR) is 109 cm³/mol. The molecule has 0 bridgehead atoms. The zero-order valence-electron chi connectivity index (χ0n) is 16.3. The van der Waals surface area contributed by atoms with Crippen LogP contribution in [0.3, 0.4) is 0 Å². The lowest BCUT2D eigenvalue weighted by molar-refractivity contribution is -0.130. The van der Waals surface area contributed by atoms with E-state index in [9.17, 15) is 13.2 Å². The first-order chi connectivity index (χ1) is 13.3. The number of anilines is 1. The number of benzene rings is 1. The molecule has 1 unspecified atom stereocenters. The van der Waals surface area contributed by atoms with E-state index in [4.69, 9.17) is 4.98 Å². The van der Waals surface area contributed by atoms with E-state index in [2.05, 4.69) is 9.88 Å². The van der Waals surface area contributed by atoms with Gasteiger partial charge in [-0.15, -0.1) is 0 Å². The number of hydrogen-bond acceptors (Lipinski definition) is 6. The summed E-state index contributed by atoms with van der Waals surface area (Å²) in [5, 5.41) is 0. The summed E-state index contributed by atoms with van der Waals surface area (Å²) in [7, 11) is -3.06. The number of piperidine rings is 1. The molecule has 0 N–H and O–H groups in total. The molecule has 8 heteroatoms. The van der Waals surface area contributed by atoms with Crippen LogP contribution < -0.4 is 4.90 Å². The maximum atomic E-state index is 12.4. The first kappa shape index (κ1) is 19.1. The van der Waals surface area contributed by atoms with E-state index in [0.717, 1.165) is 48.5 Å². The molecule has 0 spiro atoms. The van der Waals surface area contributed by atoms with Crippen LogP contribution in [0.5, 0.6) is 0 Å². The second-order valence-electron chi connectivity index (χ2n) is 8.05. The van der Waals surface area contributed by atoms with Crippen LogP contribution in [0, 0.1) is 12.8 Å². The second-order valence-corrected chi connectivity index (χ2v) is 10.2. The number of rotatable bonds is 4. The van der Waals surface area contributed by atoms with Crippen molar-refractivity contribution in [3.05, 3.63) is 30.0 Å². The standard InChI is InChI=1S/C20H26N4O3S/c1-14-20(22-18-6-4-3-5-17(18)21-14)23-9-7-16(8-10-23)24-12-15(11-19(24)25)13-28(2,26)27/h3-6,15-16H,7-13H2,1-2H3. The highest BCUT2D eigenvalue weighted by molar-refractivity contribution is 7.90. The maximum absolute atomic E-state index is 12.4. The van der Waals surface area contributed by atoms with Crippen molar-refractivity contribution in [3.8, 4) is 0 Å². The molecule has 28 heavy (non-hydrogen) atoms. The Hall–Kier alpha value is -2.22. The van der Waals surface area contributed by atoms with Gasteiger partial charge in [0.2, 0.25) is 5.91 Å². The molecule has 7 nitrogen and oxygen atoms in total. The minimum Gasteiger partial charge on any atom is -0.355 e. The fourth-order valence-electron chi connectivity index (χ4n) is 4.47. The SMILES string of the molecule is Cc1nc2ccccc2nc1N1CCC(N2CC(CS(C)(=O)=O)CC2=O)CC1. The van der Waals surface area contributed by atoms with Crippen LogP contribution in [-0.4, -0.2) is 66.9 Å². The Morgan fingerprint density at radius 1 is 1.11 bits per heavy atom. The van der Waals surface area contributed by atoms with Crippen LogP contribution in [0.4, 0.5) is 5.82 Å². The van der Waals surface area contributed by atoms with Crippen LogP contribution in [0.2, 0.25) is 0 Å². The number of aryl methyl sites for hydroxylation is 1. The summed E-state index contributed by atoms with van der Waals surface area (Å²) in [4.78, 5) is 26.1. The van der Waals surface area contributed by atoms with Crippen LogP contribution in [0.15, 0.2) is 24.3 Å². The van der Waals surface area contributed by atoms with Gasteiger partial charge in [0.1, 0.15) is 9.84 Å². The van der Waals surface area contributed by atoms with Crippen molar-refractivity contribution in [3.63, 3.8) is 0 Å². The third kappa shape index (κ3) is 3.97. The van der Waals surface area contributed by atoms with E-state index in [1.165, 1.54) is 6.26 Å². The van der Waals surface area contributed by atoms with Gasteiger partial charge in [0.05, 0.1) is 22.5 Å². The second kappa shape index (κ2) is 7.31. The molecule has 2 aromatic rings.